The second-order valence-corrected chi connectivity index (χ2v) is 6.26. The number of thiazole rings is 1. The molecule has 1 fully saturated rings. The number of amides is 1. The molecule has 5 heteroatoms. The molecule has 1 heterocycles. The van der Waals surface area contributed by atoms with Crippen LogP contribution in [0.25, 0.3) is 0 Å². The topological polar surface area (TPSA) is 65.8 Å². The Labute approximate surface area is 117 Å². The van der Waals surface area contributed by atoms with Gasteiger partial charge in [0.25, 0.3) is 0 Å². The molecule has 1 amide bonds. The van der Waals surface area contributed by atoms with Crippen LogP contribution in [-0.2, 0) is 11.2 Å². The van der Waals surface area contributed by atoms with Crippen molar-refractivity contribution in [1.82, 2.24) is 10.3 Å². The van der Waals surface area contributed by atoms with E-state index in [1.807, 2.05) is 13.1 Å². The first-order valence-corrected chi connectivity index (χ1v) is 7.60. The lowest BCUT2D eigenvalue weighted by Crippen LogP contribution is -2.39. The van der Waals surface area contributed by atoms with E-state index in [-0.39, 0.29) is 11.9 Å². The molecule has 0 saturated heterocycles. The van der Waals surface area contributed by atoms with Gasteiger partial charge in [0.05, 0.1) is 12.1 Å². The largest absolute Gasteiger partial charge is 0.346 e. The van der Waals surface area contributed by atoms with Crippen molar-refractivity contribution in [3.05, 3.63) is 16.1 Å². The van der Waals surface area contributed by atoms with Crippen LogP contribution in [0.1, 0.15) is 55.5 Å². The van der Waals surface area contributed by atoms with Crippen LogP contribution in [0.5, 0.6) is 0 Å². The van der Waals surface area contributed by atoms with Crippen molar-refractivity contribution in [3.8, 4) is 6.07 Å². The molecule has 0 aromatic carbocycles. The fraction of sp³-hybridized carbons (Fsp3) is 0.643. The second kappa shape index (κ2) is 5.70. The molecule has 19 heavy (non-hydrogen) atoms. The van der Waals surface area contributed by atoms with Crippen LogP contribution in [0, 0.1) is 16.7 Å². The molecule has 1 aromatic rings. The highest BCUT2D eigenvalue weighted by molar-refractivity contribution is 7.11. The van der Waals surface area contributed by atoms with Crippen LogP contribution in [0.2, 0.25) is 0 Å². The van der Waals surface area contributed by atoms with Crippen LogP contribution < -0.4 is 5.32 Å². The maximum absolute atomic E-state index is 12.3. The fourth-order valence-electron chi connectivity index (χ4n) is 2.45. The standard InChI is InChI=1S/C14H19N3OS/c1-3-11-8-16-12(19-11)10(2)17-13(18)14(9-15)6-4-5-7-14/h8,10H,3-7H2,1-2H3,(H,17,18). The fourth-order valence-corrected chi connectivity index (χ4v) is 3.31. The number of aryl methyl sites for hydroxylation is 1. The Bertz CT molecular complexity index is 497. The highest BCUT2D eigenvalue weighted by Crippen LogP contribution is 2.38. The van der Waals surface area contributed by atoms with Crippen LogP contribution in [-0.4, -0.2) is 10.9 Å². The summed E-state index contributed by atoms with van der Waals surface area (Å²) in [5, 5.41) is 13.2. The molecule has 0 bridgehead atoms. The number of nitriles is 1. The van der Waals surface area contributed by atoms with Gasteiger partial charge in [-0.3, -0.25) is 4.79 Å². The highest BCUT2D eigenvalue weighted by Gasteiger charge is 2.42. The van der Waals surface area contributed by atoms with E-state index in [0.717, 1.165) is 24.3 Å². The summed E-state index contributed by atoms with van der Waals surface area (Å²) in [6, 6.07) is 2.10. The second-order valence-electron chi connectivity index (χ2n) is 5.11. The Morgan fingerprint density at radius 3 is 2.84 bits per heavy atom. The normalized spacial score (nSPS) is 18.8. The van der Waals surface area contributed by atoms with Gasteiger partial charge in [-0.25, -0.2) is 4.98 Å². The van der Waals surface area contributed by atoms with Crippen molar-refractivity contribution in [2.75, 3.05) is 0 Å². The summed E-state index contributed by atoms with van der Waals surface area (Å²) in [6.45, 7) is 4.01. The molecule has 1 aliphatic carbocycles. The van der Waals surface area contributed by atoms with Crippen molar-refractivity contribution in [1.29, 1.82) is 5.26 Å². The lowest BCUT2D eigenvalue weighted by Gasteiger charge is -2.21. The number of carbonyl (C=O) groups is 1. The van der Waals surface area contributed by atoms with Gasteiger partial charge >= 0.3 is 0 Å². The van der Waals surface area contributed by atoms with Gasteiger partial charge in [-0.1, -0.05) is 19.8 Å². The van der Waals surface area contributed by atoms with Crippen molar-refractivity contribution in [2.24, 2.45) is 5.41 Å². The van der Waals surface area contributed by atoms with E-state index in [1.54, 1.807) is 11.3 Å². The van der Waals surface area contributed by atoms with E-state index in [0.29, 0.717) is 12.8 Å². The molecular weight excluding hydrogens is 258 g/mol. The summed E-state index contributed by atoms with van der Waals surface area (Å²) in [6.07, 6.45) is 6.11. The molecule has 0 radical (unpaired) electrons. The van der Waals surface area contributed by atoms with Gasteiger partial charge in [0.1, 0.15) is 10.4 Å². The van der Waals surface area contributed by atoms with E-state index >= 15 is 0 Å². The third-order valence-corrected chi connectivity index (χ3v) is 5.07. The monoisotopic (exact) mass is 277 g/mol. The third-order valence-electron chi connectivity index (χ3n) is 3.74. The van der Waals surface area contributed by atoms with Gasteiger partial charge in [-0.15, -0.1) is 11.3 Å². The highest BCUT2D eigenvalue weighted by atomic mass is 32.1. The van der Waals surface area contributed by atoms with Crippen LogP contribution in [0.3, 0.4) is 0 Å². The Hall–Kier alpha value is -1.41. The predicted molar refractivity (Wildman–Crippen MR) is 74.6 cm³/mol. The van der Waals surface area contributed by atoms with Gasteiger partial charge < -0.3 is 5.32 Å². The Morgan fingerprint density at radius 2 is 2.32 bits per heavy atom. The molecule has 1 atom stereocenters. The maximum Gasteiger partial charge on any atom is 0.241 e. The number of nitrogens with zero attached hydrogens (tertiary/aromatic N) is 2. The van der Waals surface area contributed by atoms with Gasteiger partial charge in [0.15, 0.2) is 0 Å². The summed E-state index contributed by atoms with van der Waals surface area (Å²) < 4.78 is 0. The zero-order valence-corrected chi connectivity index (χ0v) is 12.2. The van der Waals surface area contributed by atoms with Crippen LogP contribution >= 0.6 is 11.3 Å². The molecule has 1 unspecified atom stereocenters. The van der Waals surface area contributed by atoms with Crippen LogP contribution in [0.15, 0.2) is 6.20 Å². The number of hydrogen-bond donors (Lipinski definition) is 1. The lowest BCUT2D eigenvalue weighted by atomic mass is 9.87. The minimum atomic E-state index is -0.806. The minimum Gasteiger partial charge on any atom is -0.346 e. The minimum absolute atomic E-state index is 0.122. The molecule has 1 N–H and O–H groups in total. The summed E-state index contributed by atoms with van der Waals surface area (Å²) >= 11 is 1.62. The average molecular weight is 277 g/mol. The summed E-state index contributed by atoms with van der Waals surface area (Å²) in [5.74, 6) is -0.131. The molecule has 102 valence electrons. The lowest BCUT2D eigenvalue weighted by molar-refractivity contribution is -0.128. The van der Waals surface area contributed by atoms with Gasteiger partial charge in [-0.05, 0) is 26.2 Å². The van der Waals surface area contributed by atoms with Gasteiger partial charge in [0, 0.05) is 11.1 Å². The number of carbonyl (C=O) groups excluding carboxylic acids is 1. The number of nitrogens with one attached hydrogen (secondary N) is 1. The van der Waals surface area contributed by atoms with E-state index in [1.165, 1.54) is 4.88 Å². The molecule has 4 nitrogen and oxygen atoms in total. The zero-order chi connectivity index (χ0) is 13.9. The van der Waals surface area contributed by atoms with E-state index in [2.05, 4.69) is 23.3 Å². The maximum atomic E-state index is 12.3. The predicted octanol–water partition coefficient (Wildman–Crippen LogP) is 2.97. The molecule has 1 saturated carbocycles. The Morgan fingerprint density at radius 1 is 1.63 bits per heavy atom. The smallest absolute Gasteiger partial charge is 0.241 e. The zero-order valence-electron chi connectivity index (χ0n) is 11.4. The molecule has 2 rings (SSSR count). The van der Waals surface area contributed by atoms with Gasteiger partial charge in [0.2, 0.25) is 5.91 Å². The number of hydrogen-bond acceptors (Lipinski definition) is 4. The molecule has 1 aromatic heterocycles. The summed E-state index contributed by atoms with van der Waals surface area (Å²) in [4.78, 5) is 17.9. The SMILES string of the molecule is CCc1cnc(C(C)NC(=O)C2(C#N)CCCC2)s1. The van der Waals surface area contributed by atoms with Crippen molar-refractivity contribution in [2.45, 2.75) is 52.0 Å². The number of rotatable bonds is 4. The first kappa shape index (κ1) is 14.0. The summed E-state index contributed by atoms with van der Waals surface area (Å²) in [7, 11) is 0. The Kier molecular flexibility index (Phi) is 4.20. The first-order valence-electron chi connectivity index (χ1n) is 6.78. The van der Waals surface area contributed by atoms with Crippen molar-refractivity contribution < 1.29 is 4.79 Å². The van der Waals surface area contributed by atoms with Crippen LogP contribution in [0.4, 0.5) is 0 Å². The quantitative estimate of drug-likeness (QED) is 0.920. The van der Waals surface area contributed by atoms with E-state index < -0.39 is 5.41 Å². The summed E-state index contributed by atoms with van der Waals surface area (Å²) in [5.41, 5.74) is -0.806. The van der Waals surface area contributed by atoms with E-state index in [9.17, 15) is 10.1 Å². The Balaban J connectivity index is 2.04. The average Bonchev–Trinajstić information content (AvgIpc) is 3.08. The first-order chi connectivity index (χ1) is 9.11. The number of aromatic nitrogens is 1. The van der Waals surface area contributed by atoms with Gasteiger partial charge in [-0.2, -0.15) is 5.26 Å². The third kappa shape index (κ3) is 2.79. The molecule has 0 aliphatic heterocycles. The molecule has 0 spiro atoms. The van der Waals surface area contributed by atoms with Crippen molar-refractivity contribution >= 4 is 17.2 Å². The molecular formula is C14H19N3OS. The van der Waals surface area contributed by atoms with E-state index in [4.69, 9.17) is 0 Å². The molecule has 1 aliphatic rings. The van der Waals surface area contributed by atoms with Crippen molar-refractivity contribution in [3.63, 3.8) is 0 Å².